The average molecular weight is 304 g/mol. The lowest BCUT2D eigenvalue weighted by Crippen LogP contribution is -2.41. The molecule has 2 amide bonds. The fraction of sp³-hybridized carbons (Fsp3) is 0.529. The second kappa shape index (κ2) is 8.41. The van der Waals surface area contributed by atoms with E-state index in [1.165, 1.54) is 25.7 Å². The lowest BCUT2D eigenvalue weighted by atomic mass is 10.1. The molecule has 0 bridgehead atoms. The van der Waals surface area contributed by atoms with Crippen molar-refractivity contribution in [2.24, 2.45) is 0 Å². The summed E-state index contributed by atoms with van der Waals surface area (Å²) in [5, 5.41) is 5.66. The molecular weight excluding hydrogens is 280 g/mol. The minimum atomic E-state index is -0.269. The van der Waals surface area contributed by atoms with E-state index in [4.69, 9.17) is 4.74 Å². The van der Waals surface area contributed by atoms with E-state index < -0.39 is 0 Å². The molecule has 1 saturated carbocycles. The Morgan fingerprint density at radius 3 is 2.59 bits per heavy atom. The van der Waals surface area contributed by atoms with E-state index in [-0.39, 0.29) is 24.4 Å². The molecule has 5 nitrogen and oxygen atoms in total. The second-order valence-electron chi connectivity index (χ2n) is 5.67. The Bertz CT molecular complexity index is 508. The molecule has 1 aliphatic rings. The van der Waals surface area contributed by atoms with Crippen LogP contribution in [0.25, 0.3) is 0 Å². The number of carbonyl (C=O) groups excluding carboxylic acids is 2. The third-order valence-corrected chi connectivity index (χ3v) is 3.96. The highest BCUT2D eigenvalue weighted by Gasteiger charge is 2.15. The number of ether oxygens (including phenoxy) is 1. The summed E-state index contributed by atoms with van der Waals surface area (Å²) in [6.45, 7) is 0.00649. The van der Waals surface area contributed by atoms with Gasteiger partial charge in [0.05, 0.1) is 13.7 Å². The summed E-state index contributed by atoms with van der Waals surface area (Å²) in [6, 6.07) is 7.12. The Hall–Kier alpha value is -2.04. The van der Waals surface area contributed by atoms with Gasteiger partial charge in [-0.3, -0.25) is 9.59 Å². The van der Waals surface area contributed by atoms with Crippen molar-refractivity contribution in [1.82, 2.24) is 10.6 Å². The molecule has 0 atom stereocenters. The summed E-state index contributed by atoms with van der Waals surface area (Å²) in [6.07, 6.45) is 6.91. The zero-order chi connectivity index (χ0) is 15.8. The number of carbonyl (C=O) groups is 2. The summed E-state index contributed by atoms with van der Waals surface area (Å²) in [5.74, 6) is 0.230. The van der Waals surface area contributed by atoms with Crippen LogP contribution in [-0.4, -0.2) is 31.5 Å². The zero-order valence-electron chi connectivity index (χ0n) is 13.1. The van der Waals surface area contributed by atoms with Crippen LogP contribution in [0.2, 0.25) is 0 Å². The first-order chi connectivity index (χ1) is 10.7. The third kappa shape index (κ3) is 5.06. The Balaban J connectivity index is 1.78. The lowest BCUT2D eigenvalue weighted by molar-refractivity contribution is -0.120. The van der Waals surface area contributed by atoms with Gasteiger partial charge in [0.1, 0.15) is 5.75 Å². The predicted molar refractivity (Wildman–Crippen MR) is 85.0 cm³/mol. The van der Waals surface area contributed by atoms with Gasteiger partial charge in [-0.1, -0.05) is 31.7 Å². The predicted octanol–water partition coefficient (Wildman–Crippen LogP) is 2.26. The zero-order valence-corrected chi connectivity index (χ0v) is 13.1. The van der Waals surface area contributed by atoms with Gasteiger partial charge in [0, 0.05) is 11.6 Å². The first-order valence-corrected chi connectivity index (χ1v) is 7.90. The second-order valence-corrected chi connectivity index (χ2v) is 5.67. The highest BCUT2D eigenvalue weighted by Crippen LogP contribution is 2.17. The number of hydrogen-bond donors (Lipinski definition) is 2. The molecule has 1 aromatic rings. The lowest BCUT2D eigenvalue weighted by Gasteiger charge is -2.16. The van der Waals surface area contributed by atoms with E-state index in [0.717, 1.165) is 12.8 Å². The molecule has 0 spiro atoms. The molecule has 0 radical (unpaired) electrons. The maximum atomic E-state index is 12.0. The molecule has 0 saturated heterocycles. The van der Waals surface area contributed by atoms with Gasteiger partial charge >= 0.3 is 0 Å². The Morgan fingerprint density at radius 2 is 1.91 bits per heavy atom. The van der Waals surface area contributed by atoms with Crippen LogP contribution in [0, 0.1) is 0 Å². The summed E-state index contributed by atoms with van der Waals surface area (Å²) in [7, 11) is 1.55. The van der Waals surface area contributed by atoms with Gasteiger partial charge in [-0.25, -0.2) is 0 Å². The summed E-state index contributed by atoms with van der Waals surface area (Å²) < 4.78 is 5.08. The fourth-order valence-corrected chi connectivity index (χ4v) is 2.73. The maximum Gasteiger partial charge on any atom is 0.251 e. The number of hydrogen-bond acceptors (Lipinski definition) is 3. The first kappa shape index (κ1) is 16.3. The van der Waals surface area contributed by atoms with E-state index in [2.05, 4.69) is 10.6 Å². The number of benzene rings is 1. The van der Waals surface area contributed by atoms with Crippen molar-refractivity contribution in [2.45, 2.75) is 44.6 Å². The van der Waals surface area contributed by atoms with Crippen LogP contribution in [0.4, 0.5) is 0 Å². The molecule has 1 fully saturated rings. The molecule has 5 heteroatoms. The highest BCUT2D eigenvalue weighted by molar-refractivity contribution is 5.96. The van der Waals surface area contributed by atoms with Gasteiger partial charge in [0.25, 0.3) is 5.91 Å². The van der Waals surface area contributed by atoms with Crippen LogP contribution >= 0.6 is 0 Å². The molecule has 120 valence electrons. The van der Waals surface area contributed by atoms with E-state index >= 15 is 0 Å². The van der Waals surface area contributed by atoms with Crippen molar-refractivity contribution in [3.8, 4) is 5.75 Å². The summed E-state index contributed by atoms with van der Waals surface area (Å²) >= 11 is 0. The van der Waals surface area contributed by atoms with E-state index in [1.54, 1.807) is 31.4 Å². The molecule has 2 rings (SSSR count). The minimum Gasteiger partial charge on any atom is -0.497 e. The molecule has 1 aromatic carbocycles. The van der Waals surface area contributed by atoms with Gasteiger partial charge in [-0.15, -0.1) is 0 Å². The fourth-order valence-electron chi connectivity index (χ4n) is 2.73. The molecule has 0 heterocycles. The van der Waals surface area contributed by atoms with Gasteiger partial charge in [-0.05, 0) is 31.0 Å². The van der Waals surface area contributed by atoms with E-state index in [9.17, 15) is 9.59 Å². The Kier molecular flexibility index (Phi) is 6.25. The number of nitrogens with one attached hydrogen (secondary N) is 2. The van der Waals surface area contributed by atoms with Crippen LogP contribution < -0.4 is 15.4 Å². The Labute approximate surface area is 131 Å². The molecule has 2 N–H and O–H groups in total. The van der Waals surface area contributed by atoms with Crippen LogP contribution in [0.15, 0.2) is 24.3 Å². The Morgan fingerprint density at radius 1 is 1.18 bits per heavy atom. The van der Waals surface area contributed by atoms with Crippen LogP contribution in [0.3, 0.4) is 0 Å². The van der Waals surface area contributed by atoms with Crippen LogP contribution in [0.5, 0.6) is 5.75 Å². The van der Waals surface area contributed by atoms with Crippen LogP contribution in [0.1, 0.15) is 48.9 Å². The van der Waals surface area contributed by atoms with Gasteiger partial charge in [0.2, 0.25) is 5.91 Å². The molecule has 1 aliphatic carbocycles. The molecule has 0 unspecified atom stereocenters. The van der Waals surface area contributed by atoms with Gasteiger partial charge in [0.15, 0.2) is 0 Å². The van der Waals surface area contributed by atoms with Crippen molar-refractivity contribution in [3.63, 3.8) is 0 Å². The van der Waals surface area contributed by atoms with Crippen molar-refractivity contribution in [1.29, 1.82) is 0 Å². The topological polar surface area (TPSA) is 67.4 Å². The molecular formula is C17H24N2O3. The first-order valence-electron chi connectivity index (χ1n) is 7.90. The van der Waals surface area contributed by atoms with Crippen molar-refractivity contribution >= 4 is 11.8 Å². The van der Waals surface area contributed by atoms with Crippen molar-refractivity contribution in [2.75, 3.05) is 13.7 Å². The standard InChI is InChI=1S/C17H24N2O3/c1-22-15-10-6-7-13(11-15)17(21)18-12-16(20)19-14-8-4-2-3-5-9-14/h6-7,10-11,14H,2-5,8-9,12H2,1H3,(H,18,21)(H,19,20). The number of methoxy groups -OCH3 is 1. The molecule has 0 aromatic heterocycles. The summed E-state index contributed by atoms with van der Waals surface area (Å²) in [4.78, 5) is 23.9. The number of rotatable bonds is 5. The number of amides is 2. The monoisotopic (exact) mass is 304 g/mol. The largest absolute Gasteiger partial charge is 0.497 e. The SMILES string of the molecule is COc1cccc(C(=O)NCC(=O)NC2CCCCCC2)c1. The van der Waals surface area contributed by atoms with Gasteiger partial charge in [-0.2, -0.15) is 0 Å². The van der Waals surface area contributed by atoms with E-state index in [1.807, 2.05) is 0 Å². The quantitative estimate of drug-likeness (QED) is 0.820. The summed E-state index contributed by atoms with van der Waals surface area (Å²) in [5.41, 5.74) is 0.488. The normalized spacial score (nSPS) is 15.7. The smallest absolute Gasteiger partial charge is 0.251 e. The average Bonchev–Trinajstić information content (AvgIpc) is 2.81. The van der Waals surface area contributed by atoms with Crippen molar-refractivity contribution < 1.29 is 14.3 Å². The molecule has 0 aliphatic heterocycles. The van der Waals surface area contributed by atoms with E-state index in [0.29, 0.717) is 11.3 Å². The van der Waals surface area contributed by atoms with Gasteiger partial charge < -0.3 is 15.4 Å². The third-order valence-electron chi connectivity index (χ3n) is 3.96. The van der Waals surface area contributed by atoms with Crippen LogP contribution in [-0.2, 0) is 4.79 Å². The highest BCUT2D eigenvalue weighted by atomic mass is 16.5. The molecule has 22 heavy (non-hydrogen) atoms. The minimum absolute atomic E-state index is 0.00649. The van der Waals surface area contributed by atoms with Crippen molar-refractivity contribution in [3.05, 3.63) is 29.8 Å². The maximum absolute atomic E-state index is 12.0.